The van der Waals surface area contributed by atoms with Crippen LogP contribution in [0.3, 0.4) is 0 Å². The van der Waals surface area contributed by atoms with Gasteiger partial charge in [-0.25, -0.2) is 4.79 Å². The first-order chi connectivity index (χ1) is 13.6. The molecule has 1 unspecified atom stereocenters. The van der Waals surface area contributed by atoms with Crippen molar-refractivity contribution >= 4 is 5.97 Å². The SMILES string of the molecule is CCOC(=O)C1(C#N)O[C@H](c2ccccc2)C[C@@H]1c1ccc(OC)c(OC)c1. The van der Waals surface area contributed by atoms with Crippen molar-refractivity contribution in [3.05, 3.63) is 59.7 Å². The molecule has 0 N–H and O–H groups in total. The lowest BCUT2D eigenvalue weighted by Gasteiger charge is -2.26. The standard InChI is InChI=1S/C22H23NO5/c1-4-27-21(24)22(14-23)17(13-19(28-22)15-8-6-5-7-9-15)16-10-11-18(25-2)20(12-16)26-3/h5-12,17,19H,4,13H2,1-3H3/t17-,19+,22?/m1/s1. The van der Waals surface area contributed by atoms with E-state index in [4.69, 9.17) is 18.9 Å². The van der Waals surface area contributed by atoms with Crippen LogP contribution in [0, 0.1) is 11.3 Å². The van der Waals surface area contributed by atoms with Crippen LogP contribution < -0.4 is 9.47 Å². The first-order valence-electron chi connectivity index (χ1n) is 9.12. The number of ether oxygens (including phenoxy) is 4. The zero-order valence-corrected chi connectivity index (χ0v) is 16.2. The van der Waals surface area contributed by atoms with E-state index in [1.807, 2.05) is 36.4 Å². The second-order valence-corrected chi connectivity index (χ2v) is 6.49. The quantitative estimate of drug-likeness (QED) is 0.709. The summed E-state index contributed by atoms with van der Waals surface area (Å²) >= 11 is 0. The summed E-state index contributed by atoms with van der Waals surface area (Å²) in [6, 6.07) is 17.0. The molecule has 6 heteroatoms. The highest BCUT2D eigenvalue weighted by Gasteiger charge is 2.57. The van der Waals surface area contributed by atoms with Gasteiger partial charge in [-0.05, 0) is 36.6 Å². The molecule has 3 atom stereocenters. The van der Waals surface area contributed by atoms with Gasteiger partial charge in [-0.3, -0.25) is 0 Å². The van der Waals surface area contributed by atoms with Crippen molar-refractivity contribution in [2.24, 2.45) is 0 Å². The van der Waals surface area contributed by atoms with Crippen LogP contribution in [0.4, 0.5) is 0 Å². The van der Waals surface area contributed by atoms with Crippen LogP contribution in [0.5, 0.6) is 11.5 Å². The number of nitrogens with zero attached hydrogens (tertiary/aromatic N) is 1. The third-order valence-corrected chi connectivity index (χ3v) is 4.99. The Labute approximate surface area is 164 Å². The van der Waals surface area contributed by atoms with Gasteiger partial charge >= 0.3 is 5.97 Å². The van der Waals surface area contributed by atoms with E-state index in [-0.39, 0.29) is 6.61 Å². The number of hydrogen-bond donors (Lipinski definition) is 0. The maximum Gasteiger partial charge on any atom is 0.354 e. The molecule has 0 amide bonds. The van der Waals surface area contributed by atoms with Gasteiger partial charge in [0.05, 0.1) is 26.9 Å². The largest absolute Gasteiger partial charge is 0.493 e. The average Bonchev–Trinajstić information content (AvgIpc) is 3.15. The first-order valence-corrected chi connectivity index (χ1v) is 9.12. The van der Waals surface area contributed by atoms with Crippen LogP contribution in [-0.4, -0.2) is 32.4 Å². The summed E-state index contributed by atoms with van der Waals surface area (Å²) < 4.78 is 22.0. The van der Waals surface area contributed by atoms with Crippen LogP contribution in [-0.2, 0) is 14.3 Å². The van der Waals surface area contributed by atoms with Gasteiger partial charge in [-0.1, -0.05) is 36.4 Å². The van der Waals surface area contributed by atoms with E-state index in [1.54, 1.807) is 33.3 Å². The molecule has 1 aliphatic heterocycles. The summed E-state index contributed by atoms with van der Waals surface area (Å²) in [6.45, 7) is 1.87. The lowest BCUT2D eigenvalue weighted by molar-refractivity contribution is -0.164. The fourth-order valence-electron chi connectivity index (χ4n) is 3.63. The third kappa shape index (κ3) is 3.41. The molecule has 1 heterocycles. The summed E-state index contributed by atoms with van der Waals surface area (Å²) in [5, 5.41) is 10.0. The topological polar surface area (TPSA) is 77.8 Å². The molecule has 3 rings (SSSR count). The van der Waals surface area contributed by atoms with Crippen LogP contribution >= 0.6 is 0 Å². The van der Waals surface area contributed by atoms with Gasteiger partial charge in [-0.2, -0.15) is 5.26 Å². The number of rotatable bonds is 6. The predicted octanol–water partition coefficient (Wildman–Crippen LogP) is 3.77. The number of carbonyl (C=O) groups is 1. The van der Waals surface area contributed by atoms with Crippen LogP contribution in [0.1, 0.15) is 36.5 Å². The number of methoxy groups -OCH3 is 2. The molecule has 1 saturated heterocycles. The third-order valence-electron chi connectivity index (χ3n) is 4.99. The normalized spacial score (nSPS) is 23.6. The van der Waals surface area contributed by atoms with Crippen molar-refractivity contribution < 1.29 is 23.7 Å². The van der Waals surface area contributed by atoms with E-state index in [9.17, 15) is 10.1 Å². The lowest BCUT2D eigenvalue weighted by Crippen LogP contribution is -2.43. The number of nitriles is 1. The van der Waals surface area contributed by atoms with Crippen molar-refractivity contribution in [1.29, 1.82) is 5.26 Å². The Balaban J connectivity index is 2.07. The van der Waals surface area contributed by atoms with E-state index in [0.717, 1.165) is 11.1 Å². The molecule has 0 aromatic heterocycles. The molecule has 0 aliphatic carbocycles. The minimum absolute atomic E-state index is 0.167. The Morgan fingerprint density at radius 1 is 1.14 bits per heavy atom. The Hall–Kier alpha value is -3.04. The monoisotopic (exact) mass is 381 g/mol. The van der Waals surface area contributed by atoms with Crippen LogP contribution in [0.2, 0.25) is 0 Å². The van der Waals surface area contributed by atoms with Crippen molar-refractivity contribution in [3.63, 3.8) is 0 Å². The Bertz CT molecular complexity index is 876. The highest BCUT2D eigenvalue weighted by molar-refractivity contribution is 5.85. The van der Waals surface area contributed by atoms with E-state index >= 15 is 0 Å². The highest BCUT2D eigenvalue weighted by atomic mass is 16.6. The molecule has 1 aliphatic rings. The minimum atomic E-state index is -1.73. The Morgan fingerprint density at radius 2 is 1.86 bits per heavy atom. The maximum atomic E-state index is 12.8. The molecular weight excluding hydrogens is 358 g/mol. The van der Waals surface area contributed by atoms with Gasteiger partial charge in [0.1, 0.15) is 6.07 Å². The lowest BCUT2D eigenvalue weighted by atomic mass is 9.81. The van der Waals surface area contributed by atoms with Gasteiger partial charge < -0.3 is 18.9 Å². The van der Waals surface area contributed by atoms with E-state index in [1.165, 1.54) is 0 Å². The molecule has 2 aromatic rings. The van der Waals surface area contributed by atoms with Gasteiger partial charge in [0.15, 0.2) is 11.5 Å². The fourth-order valence-corrected chi connectivity index (χ4v) is 3.63. The predicted molar refractivity (Wildman–Crippen MR) is 102 cm³/mol. The Kier molecular flexibility index (Phi) is 5.86. The zero-order chi connectivity index (χ0) is 20.1. The van der Waals surface area contributed by atoms with Crippen molar-refractivity contribution in [2.45, 2.75) is 31.0 Å². The smallest absolute Gasteiger partial charge is 0.354 e. The van der Waals surface area contributed by atoms with Gasteiger partial charge in [0.25, 0.3) is 5.60 Å². The number of carbonyl (C=O) groups excluding carboxylic acids is 1. The van der Waals surface area contributed by atoms with Crippen molar-refractivity contribution in [3.8, 4) is 17.6 Å². The van der Waals surface area contributed by atoms with E-state index in [0.29, 0.717) is 17.9 Å². The molecule has 1 fully saturated rings. The summed E-state index contributed by atoms with van der Waals surface area (Å²) in [7, 11) is 3.10. The summed E-state index contributed by atoms with van der Waals surface area (Å²) in [5.41, 5.74) is -0.0593. The number of hydrogen-bond acceptors (Lipinski definition) is 6. The molecule has 6 nitrogen and oxygen atoms in total. The molecule has 0 radical (unpaired) electrons. The molecule has 146 valence electrons. The van der Waals surface area contributed by atoms with Crippen molar-refractivity contribution in [1.82, 2.24) is 0 Å². The summed E-state index contributed by atoms with van der Waals surface area (Å²) in [4.78, 5) is 12.8. The van der Waals surface area contributed by atoms with E-state index in [2.05, 4.69) is 6.07 Å². The second-order valence-electron chi connectivity index (χ2n) is 6.49. The molecule has 0 bridgehead atoms. The average molecular weight is 381 g/mol. The summed E-state index contributed by atoms with van der Waals surface area (Å²) in [5.74, 6) is -0.0837. The van der Waals surface area contributed by atoms with Crippen molar-refractivity contribution in [2.75, 3.05) is 20.8 Å². The minimum Gasteiger partial charge on any atom is -0.493 e. The highest BCUT2D eigenvalue weighted by Crippen LogP contribution is 2.50. The Morgan fingerprint density at radius 3 is 2.46 bits per heavy atom. The van der Waals surface area contributed by atoms with E-state index < -0.39 is 23.6 Å². The molecule has 2 aromatic carbocycles. The van der Waals surface area contributed by atoms with Gasteiger partial charge in [0.2, 0.25) is 0 Å². The second kappa shape index (κ2) is 8.32. The zero-order valence-electron chi connectivity index (χ0n) is 16.2. The number of benzene rings is 2. The van der Waals surface area contributed by atoms with Crippen LogP contribution in [0.15, 0.2) is 48.5 Å². The first kappa shape index (κ1) is 19.7. The maximum absolute atomic E-state index is 12.8. The van der Waals surface area contributed by atoms with Gasteiger partial charge in [0, 0.05) is 5.92 Å². The molecule has 0 saturated carbocycles. The fraction of sp³-hybridized carbons (Fsp3) is 0.364. The van der Waals surface area contributed by atoms with Gasteiger partial charge in [-0.15, -0.1) is 0 Å². The van der Waals surface area contributed by atoms with Crippen LogP contribution in [0.25, 0.3) is 0 Å². The number of esters is 1. The summed E-state index contributed by atoms with van der Waals surface area (Å²) in [6.07, 6.45) is 0.0645. The molecular formula is C22H23NO5. The molecule has 28 heavy (non-hydrogen) atoms. The molecule has 0 spiro atoms.